The van der Waals surface area contributed by atoms with Crippen molar-refractivity contribution in [2.75, 3.05) is 0 Å². The average Bonchev–Trinajstić information content (AvgIpc) is 2.49. The predicted molar refractivity (Wildman–Crippen MR) is 88.1 cm³/mol. The molecule has 3 heteroatoms. The maximum absolute atomic E-state index is 13.3. The van der Waals surface area contributed by atoms with Gasteiger partial charge in [0.05, 0.1) is 0 Å². The molecule has 0 aromatic heterocycles. The van der Waals surface area contributed by atoms with E-state index in [1.165, 1.54) is 57.1 Å². The maximum atomic E-state index is 13.3. The molecule has 21 heavy (non-hydrogen) atoms. The summed E-state index contributed by atoms with van der Waals surface area (Å²) in [6.07, 6.45) is 9.71. The average molecular weight is 312 g/mol. The second kappa shape index (κ2) is 8.14. The first-order valence-electron chi connectivity index (χ1n) is 8.29. The van der Waals surface area contributed by atoms with Crippen LogP contribution >= 0.6 is 11.6 Å². The van der Waals surface area contributed by atoms with Gasteiger partial charge in [-0.05, 0) is 54.9 Å². The third-order valence-corrected chi connectivity index (χ3v) is 5.29. The molecule has 1 aliphatic carbocycles. The minimum atomic E-state index is -0.232. The van der Waals surface area contributed by atoms with Crippen LogP contribution in [0.15, 0.2) is 18.2 Å². The summed E-state index contributed by atoms with van der Waals surface area (Å²) in [5.74, 6) is 1.22. The lowest BCUT2D eigenvalue weighted by atomic mass is 9.76. The van der Waals surface area contributed by atoms with E-state index in [2.05, 4.69) is 6.92 Å². The number of unbranched alkanes of at least 4 members (excludes halogenated alkanes) is 1. The fourth-order valence-corrected chi connectivity index (χ4v) is 3.71. The van der Waals surface area contributed by atoms with Crippen LogP contribution < -0.4 is 5.73 Å². The molecule has 1 aromatic carbocycles. The van der Waals surface area contributed by atoms with E-state index < -0.39 is 0 Å². The van der Waals surface area contributed by atoms with E-state index in [0.29, 0.717) is 17.4 Å². The SMILES string of the molecule is CCCCC1CCC(C(N)Cc2cc(F)ccc2Cl)CC1. The molecule has 0 heterocycles. The Labute approximate surface area is 133 Å². The Hall–Kier alpha value is -0.600. The van der Waals surface area contributed by atoms with Crippen LogP contribution in [0.4, 0.5) is 4.39 Å². The van der Waals surface area contributed by atoms with Gasteiger partial charge >= 0.3 is 0 Å². The lowest BCUT2D eigenvalue weighted by Gasteiger charge is -2.32. The molecule has 0 bridgehead atoms. The van der Waals surface area contributed by atoms with Gasteiger partial charge in [0.2, 0.25) is 0 Å². The highest BCUT2D eigenvalue weighted by Gasteiger charge is 2.25. The fourth-order valence-electron chi connectivity index (χ4n) is 3.52. The second-order valence-electron chi connectivity index (χ2n) is 6.53. The first kappa shape index (κ1) is 16.8. The van der Waals surface area contributed by atoms with Gasteiger partial charge in [0.1, 0.15) is 5.82 Å². The summed E-state index contributed by atoms with van der Waals surface area (Å²) in [5.41, 5.74) is 7.21. The number of hydrogen-bond acceptors (Lipinski definition) is 1. The van der Waals surface area contributed by atoms with Gasteiger partial charge in [0, 0.05) is 11.1 Å². The fraction of sp³-hybridized carbons (Fsp3) is 0.667. The second-order valence-corrected chi connectivity index (χ2v) is 6.93. The Balaban J connectivity index is 1.84. The number of halogens is 2. The van der Waals surface area contributed by atoms with E-state index in [4.69, 9.17) is 17.3 Å². The molecule has 0 spiro atoms. The molecule has 1 atom stereocenters. The molecule has 1 aliphatic rings. The van der Waals surface area contributed by atoms with Crippen LogP contribution in [-0.2, 0) is 6.42 Å². The molecule has 1 aromatic rings. The van der Waals surface area contributed by atoms with Crippen molar-refractivity contribution in [1.82, 2.24) is 0 Å². The van der Waals surface area contributed by atoms with Gasteiger partial charge < -0.3 is 5.73 Å². The lowest BCUT2D eigenvalue weighted by molar-refractivity contribution is 0.230. The monoisotopic (exact) mass is 311 g/mol. The topological polar surface area (TPSA) is 26.0 Å². The summed E-state index contributed by atoms with van der Waals surface area (Å²) < 4.78 is 13.3. The molecule has 0 amide bonds. The van der Waals surface area contributed by atoms with Crippen LogP contribution in [0.1, 0.15) is 57.4 Å². The molecule has 1 unspecified atom stereocenters. The highest BCUT2D eigenvalue weighted by Crippen LogP contribution is 2.34. The zero-order chi connectivity index (χ0) is 15.2. The van der Waals surface area contributed by atoms with E-state index in [-0.39, 0.29) is 11.9 Å². The molecule has 0 saturated heterocycles. The Kier molecular flexibility index (Phi) is 6.50. The summed E-state index contributed by atoms with van der Waals surface area (Å²) >= 11 is 6.14. The minimum Gasteiger partial charge on any atom is -0.327 e. The van der Waals surface area contributed by atoms with Crippen molar-refractivity contribution in [2.45, 2.75) is 64.3 Å². The lowest BCUT2D eigenvalue weighted by Crippen LogP contribution is -2.35. The molecular weight excluding hydrogens is 285 g/mol. The minimum absolute atomic E-state index is 0.0939. The Morgan fingerprint density at radius 2 is 2.00 bits per heavy atom. The van der Waals surface area contributed by atoms with Gasteiger partial charge in [-0.3, -0.25) is 0 Å². The summed E-state index contributed by atoms with van der Waals surface area (Å²) in [6.45, 7) is 2.25. The van der Waals surface area contributed by atoms with Crippen molar-refractivity contribution in [1.29, 1.82) is 0 Å². The smallest absolute Gasteiger partial charge is 0.123 e. The first-order chi connectivity index (χ1) is 10.1. The van der Waals surface area contributed by atoms with Crippen LogP contribution in [0.3, 0.4) is 0 Å². The zero-order valence-corrected chi connectivity index (χ0v) is 13.7. The summed E-state index contributed by atoms with van der Waals surface area (Å²) in [6, 6.07) is 4.64. The molecule has 0 radical (unpaired) electrons. The Morgan fingerprint density at radius 3 is 2.67 bits per heavy atom. The first-order valence-corrected chi connectivity index (χ1v) is 8.67. The van der Waals surface area contributed by atoms with Gasteiger partial charge in [0.25, 0.3) is 0 Å². The van der Waals surface area contributed by atoms with Crippen LogP contribution in [0.5, 0.6) is 0 Å². The molecule has 1 fully saturated rings. The zero-order valence-electron chi connectivity index (χ0n) is 13.0. The van der Waals surface area contributed by atoms with E-state index in [1.807, 2.05) is 0 Å². The standard InChI is InChI=1S/C18H27ClFN/c1-2-3-4-13-5-7-14(8-6-13)18(21)12-15-11-16(20)9-10-17(15)19/h9-11,13-14,18H,2-8,12,21H2,1H3. The third kappa shape index (κ3) is 4.96. The van der Waals surface area contributed by atoms with Crippen molar-refractivity contribution < 1.29 is 4.39 Å². The summed E-state index contributed by atoms with van der Waals surface area (Å²) in [7, 11) is 0. The number of nitrogens with two attached hydrogens (primary N) is 1. The van der Waals surface area contributed by atoms with E-state index >= 15 is 0 Å². The largest absolute Gasteiger partial charge is 0.327 e. The molecule has 118 valence electrons. The Bertz CT molecular complexity index is 441. The predicted octanol–water partition coefficient (Wildman–Crippen LogP) is 5.35. The summed E-state index contributed by atoms with van der Waals surface area (Å²) in [5, 5.41) is 0.628. The third-order valence-electron chi connectivity index (χ3n) is 4.93. The van der Waals surface area contributed by atoms with Gasteiger partial charge in [-0.25, -0.2) is 4.39 Å². The highest BCUT2D eigenvalue weighted by atomic mass is 35.5. The molecule has 1 saturated carbocycles. The normalized spacial score (nSPS) is 24.0. The maximum Gasteiger partial charge on any atom is 0.123 e. The molecule has 2 rings (SSSR count). The Morgan fingerprint density at radius 1 is 1.29 bits per heavy atom. The van der Waals surface area contributed by atoms with E-state index in [0.717, 1.165) is 11.5 Å². The number of rotatable bonds is 6. The van der Waals surface area contributed by atoms with Gasteiger partial charge in [-0.2, -0.15) is 0 Å². The van der Waals surface area contributed by atoms with Crippen LogP contribution in [0.25, 0.3) is 0 Å². The number of hydrogen-bond donors (Lipinski definition) is 1. The molecular formula is C18H27ClFN. The molecule has 0 aliphatic heterocycles. The van der Waals surface area contributed by atoms with Crippen molar-refractivity contribution in [3.05, 3.63) is 34.6 Å². The van der Waals surface area contributed by atoms with Gasteiger partial charge in [-0.15, -0.1) is 0 Å². The molecule has 2 N–H and O–H groups in total. The van der Waals surface area contributed by atoms with Crippen molar-refractivity contribution in [2.24, 2.45) is 17.6 Å². The quantitative estimate of drug-likeness (QED) is 0.753. The van der Waals surface area contributed by atoms with Crippen molar-refractivity contribution in [3.8, 4) is 0 Å². The van der Waals surface area contributed by atoms with E-state index in [1.54, 1.807) is 6.07 Å². The van der Waals surface area contributed by atoms with Gasteiger partial charge in [-0.1, -0.05) is 50.6 Å². The van der Waals surface area contributed by atoms with E-state index in [9.17, 15) is 4.39 Å². The number of benzene rings is 1. The highest BCUT2D eigenvalue weighted by molar-refractivity contribution is 6.31. The van der Waals surface area contributed by atoms with Crippen molar-refractivity contribution in [3.63, 3.8) is 0 Å². The van der Waals surface area contributed by atoms with Gasteiger partial charge in [0.15, 0.2) is 0 Å². The van der Waals surface area contributed by atoms with Crippen LogP contribution in [0, 0.1) is 17.7 Å². The molecule has 1 nitrogen and oxygen atoms in total. The van der Waals surface area contributed by atoms with Crippen molar-refractivity contribution >= 4 is 11.6 Å². The van der Waals surface area contributed by atoms with Crippen LogP contribution in [0.2, 0.25) is 5.02 Å². The van der Waals surface area contributed by atoms with Crippen LogP contribution in [-0.4, -0.2) is 6.04 Å². The summed E-state index contributed by atoms with van der Waals surface area (Å²) in [4.78, 5) is 0.